The molecule has 0 aromatic carbocycles. The molecule has 8 nitrogen and oxygen atoms in total. The maximum atomic E-state index is 11.7. The van der Waals surface area contributed by atoms with Crippen LogP contribution in [0.15, 0.2) is 24.8 Å². The summed E-state index contributed by atoms with van der Waals surface area (Å²) in [7, 11) is 1.84. The molecule has 1 aliphatic rings. The van der Waals surface area contributed by atoms with Crippen LogP contribution in [-0.4, -0.2) is 37.7 Å². The van der Waals surface area contributed by atoms with Crippen LogP contribution in [0.3, 0.4) is 0 Å². The number of H-pyrrole nitrogens is 1. The van der Waals surface area contributed by atoms with Crippen LogP contribution in [0.2, 0.25) is 0 Å². The molecule has 0 saturated heterocycles. The predicted octanol–water partition coefficient (Wildman–Crippen LogP) is 4.91. The largest absolute Gasteiger partial charge is 0.371 e. The van der Waals surface area contributed by atoms with Crippen molar-refractivity contribution in [2.24, 2.45) is 11.7 Å². The Bertz CT molecular complexity index is 940. The summed E-state index contributed by atoms with van der Waals surface area (Å²) in [6.45, 7) is 8.25. The zero-order valence-corrected chi connectivity index (χ0v) is 19.5. The highest BCUT2D eigenvalue weighted by molar-refractivity contribution is 5.93. The maximum absolute atomic E-state index is 11.7. The lowest BCUT2D eigenvalue weighted by molar-refractivity contribution is -0.119. The van der Waals surface area contributed by atoms with E-state index in [1.165, 1.54) is 19.3 Å². The van der Waals surface area contributed by atoms with Gasteiger partial charge in [-0.2, -0.15) is 5.10 Å². The summed E-state index contributed by atoms with van der Waals surface area (Å²) < 4.78 is 1.91. The minimum Gasteiger partial charge on any atom is -0.371 e. The normalized spacial score (nSPS) is 14.4. The van der Waals surface area contributed by atoms with Gasteiger partial charge in [0.1, 0.15) is 12.0 Å². The van der Waals surface area contributed by atoms with Crippen molar-refractivity contribution in [2.75, 3.05) is 12.4 Å². The lowest BCUT2D eigenvalue weighted by atomic mass is 9.95. The fourth-order valence-electron chi connectivity index (χ4n) is 4.03. The zero-order chi connectivity index (χ0) is 22.8. The summed E-state index contributed by atoms with van der Waals surface area (Å²) in [5.74, 6) is 0.872. The second-order valence-corrected chi connectivity index (χ2v) is 7.57. The summed E-state index contributed by atoms with van der Waals surface area (Å²) in [4.78, 5) is 23.5. The van der Waals surface area contributed by atoms with Crippen molar-refractivity contribution in [3.05, 3.63) is 24.8 Å². The first-order valence-corrected chi connectivity index (χ1v) is 11.4. The number of aromatic amines is 1. The van der Waals surface area contributed by atoms with Crippen LogP contribution < -0.4 is 11.1 Å². The Morgan fingerprint density at radius 2 is 1.97 bits per heavy atom. The molecule has 0 radical (unpaired) electrons. The molecule has 1 atom stereocenters. The topological polar surface area (TPSA) is 115 Å². The van der Waals surface area contributed by atoms with Gasteiger partial charge >= 0.3 is 0 Å². The van der Waals surface area contributed by atoms with Crippen molar-refractivity contribution in [1.29, 1.82) is 0 Å². The van der Waals surface area contributed by atoms with E-state index in [1.54, 1.807) is 6.33 Å². The van der Waals surface area contributed by atoms with Crippen LogP contribution in [0, 0.1) is 5.92 Å². The molecule has 8 heteroatoms. The van der Waals surface area contributed by atoms with Crippen molar-refractivity contribution in [2.45, 2.75) is 72.3 Å². The van der Waals surface area contributed by atoms with E-state index in [0.29, 0.717) is 12.3 Å². The molecule has 1 unspecified atom stereocenters. The summed E-state index contributed by atoms with van der Waals surface area (Å²) in [6, 6.07) is 1.94. The summed E-state index contributed by atoms with van der Waals surface area (Å²) in [5.41, 5.74) is 8.02. The third-order valence-electron chi connectivity index (χ3n) is 5.27. The van der Waals surface area contributed by atoms with E-state index in [2.05, 4.69) is 34.1 Å². The second-order valence-electron chi connectivity index (χ2n) is 7.57. The van der Waals surface area contributed by atoms with Crippen LogP contribution >= 0.6 is 0 Å². The van der Waals surface area contributed by atoms with Gasteiger partial charge in [0.2, 0.25) is 5.91 Å². The first kappa shape index (κ1) is 24.4. The number of rotatable bonds is 6. The molecule has 1 fully saturated rings. The minimum atomic E-state index is -0.292. The fraction of sp³-hybridized carbons (Fsp3) is 0.565. The Labute approximate surface area is 185 Å². The Balaban J connectivity index is 0.000000630. The fourth-order valence-corrected chi connectivity index (χ4v) is 4.03. The molecule has 3 aromatic rings. The summed E-state index contributed by atoms with van der Waals surface area (Å²) in [6.07, 6.45) is 11.5. The zero-order valence-electron chi connectivity index (χ0n) is 19.5. The van der Waals surface area contributed by atoms with Gasteiger partial charge in [0.15, 0.2) is 5.82 Å². The maximum Gasteiger partial charge on any atom is 0.219 e. The van der Waals surface area contributed by atoms with Gasteiger partial charge in [0.05, 0.1) is 17.3 Å². The van der Waals surface area contributed by atoms with E-state index in [-0.39, 0.29) is 11.9 Å². The molecular formula is C23H37N7O. The molecule has 31 heavy (non-hydrogen) atoms. The first-order chi connectivity index (χ1) is 15.1. The van der Waals surface area contributed by atoms with Gasteiger partial charge in [-0.3, -0.25) is 9.48 Å². The van der Waals surface area contributed by atoms with E-state index in [1.807, 2.05) is 44.0 Å². The van der Waals surface area contributed by atoms with Crippen molar-refractivity contribution < 1.29 is 4.79 Å². The van der Waals surface area contributed by atoms with E-state index in [9.17, 15) is 4.79 Å². The molecule has 170 valence electrons. The molecule has 0 spiro atoms. The molecule has 0 bridgehead atoms. The Hall–Kier alpha value is -2.90. The molecule has 4 rings (SSSR count). The number of carbonyl (C=O) groups excluding carboxylic acids is 1. The lowest BCUT2D eigenvalue weighted by Gasteiger charge is -2.22. The van der Waals surface area contributed by atoms with Gasteiger partial charge in [-0.05, 0) is 24.8 Å². The van der Waals surface area contributed by atoms with Gasteiger partial charge in [-0.15, -0.1) is 0 Å². The number of nitrogens with zero attached hydrogens (tertiary/aromatic N) is 4. The van der Waals surface area contributed by atoms with Gasteiger partial charge in [0.25, 0.3) is 0 Å². The van der Waals surface area contributed by atoms with Gasteiger partial charge in [-0.25, -0.2) is 9.97 Å². The lowest BCUT2D eigenvalue weighted by Crippen LogP contribution is -2.25. The highest BCUT2D eigenvalue weighted by Gasteiger charge is 2.29. The van der Waals surface area contributed by atoms with Crippen LogP contribution in [0.4, 0.5) is 5.82 Å². The van der Waals surface area contributed by atoms with E-state index in [4.69, 9.17) is 10.8 Å². The number of primary amides is 1. The van der Waals surface area contributed by atoms with E-state index >= 15 is 0 Å². The van der Waals surface area contributed by atoms with Crippen LogP contribution in [0.25, 0.3) is 22.3 Å². The molecule has 1 saturated carbocycles. The van der Waals surface area contributed by atoms with Crippen molar-refractivity contribution in [3.8, 4) is 11.3 Å². The Morgan fingerprint density at radius 3 is 2.58 bits per heavy atom. The number of aromatic nitrogens is 5. The molecule has 3 aromatic heterocycles. The summed E-state index contributed by atoms with van der Waals surface area (Å²) in [5, 5.41) is 8.81. The number of nitrogens with two attached hydrogens (primary N) is 1. The number of hydrogen-bond donors (Lipinski definition) is 3. The third kappa shape index (κ3) is 5.83. The van der Waals surface area contributed by atoms with Crippen molar-refractivity contribution >= 4 is 22.8 Å². The van der Waals surface area contributed by atoms with Crippen LogP contribution in [0.1, 0.15) is 72.3 Å². The van der Waals surface area contributed by atoms with E-state index in [0.717, 1.165) is 41.0 Å². The third-order valence-corrected chi connectivity index (χ3v) is 5.27. The van der Waals surface area contributed by atoms with Gasteiger partial charge in [0, 0.05) is 31.2 Å². The van der Waals surface area contributed by atoms with Crippen LogP contribution in [-0.2, 0) is 4.79 Å². The number of anilines is 1. The average Bonchev–Trinajstić information content (AvgIpc) is 3.54. The number of carbonyl (C=O) groups is 1. The number of amides is 1. The van der Waals surface area contributed by atoms with Crippen molar-refractivity contribution in [3.63, 3.8) is 0 Å². The Morgan fingerprint density at radius 1 is 1.29 bits per heavy atom. The smallest absolute Gasteiger partial charge is 0.219 e. The van der Waals surface area contributed by atoms with E-state index < -0.39 is 0 Å². The molecular weight excluding hydrogens is 390 g/mol. The molecule has 1 aliphatic carbocycles. The molecule has 4 N–H and O–H groups in total. The molecule has 0 aliphatic heterocycles. The highest BCUT2D eigenvalue weighted by atomic mass is 16.1. The first-order valence-electron chi connectivity index (χ1n) is 11.4. The SMILES string of the molecule is CC.CCC.CNc1nn(C(CC(N)=O)C2CCCC2)cc1-c1ncnc2[nH]ccc12. The summed E-state index contributed by atoms with van der Waals surface area (Å²) >= 11 is 0. The van der Waals surface area contributed by atoms with Crippen molar-refractivity contribution in [1.82, 2.24) is 24.7 Å². The molecule has 1 amide bonds. The second kappa shape index (κ2) is 12.1. The predicted molar refractivity (Wildman–Crippen MR) is 127 cm³/mol. The monoisotopic (exact) mass is 427 g/mol. The minimum absolute atomic E-state index is 0.0144. The Kier molecular flexibility index (Phi) is 9.49. The average molecular weight is 428 g/mol. The van der Waals surface area contributed by atoms with Gasteiger partial charge in [-0.1, -0.05) is 47.0 Å². The quantitative estimate of drug-likeness (QED) is 0.517. The highest BCUT2D eigenvalue weighted by Crippen LogP contribution is 2.38. The standard InChI is InChI=1S/C18H23N7O.C3H8.C2H6/c1-20-17-13(16-12-6-7-21-18(12)23-10-22-16)9-25(24-17)14(8-15(19)26)11-4-2-3-5-11;1-3-2;1-2/h6-7,9-11,14H,2-5,8H2,1H3,(H2,19,26)(H,20,24)(H,21,22,23);3H2,1-2H3;1-2H3. The molecule has 3 heterocycles. The number of fused-ring (bicyclic) bond motifs is 1. The number of nitrogens with one attached hydrogen (secondary N) is 2. The number of hydrogen-bond acceptors (Lipinski definition) is 5. The van der Waals surface area contributed by atoms with Gasteiger partial charge < -0.3 is 16.0 Å². The van der Waals surface area contributed by atoms with Crippen LogP contribution in [0.5, 0.6) is 0 Å².